The largest absolute Gasteiger partial charge is 0.485 e. The molecule has 0 radical (unpaired) electrons. The number of ether oxygens (including phenoxy) is 1. The van der Waals surface area contributed by atoms with Gasteiger partial charge in [-0.15, -0.1) is 11.3 Å². The Balaban J connectivity index is 2.14. The molecule has 1 heterocycles. The van der Waals surface area contributed by atoms with Gasteiger partial charge in [-0.1, -0.05) is 34.8 Å². The van der Waals surface area contributed by atoms with Crippen LogP contribution in [0.15, 0.2) is 28.1 Å². The Hall–Kier alpha value is 0.0700. The summed E-state index contributed by atoms with van der Waals surface area (Å²) in [7, 11) is 0. The van der Waals surface area contributed by atoms with Gasteiger partial charge in [0.25, 0.3) is 0 Å². The standard InChI is InChI=1S/C11H6BrCl3OS/c12-6-1-8(17-5-6)4-16-11-9(14)2-7(13)3-10(11)15/h1-3,5H,4H2. The van der Waals surface area contributed by atoms with Gasteiger partial charge in [-0.05, 0) is 34.1 Å². The summed E-state index contributed by atoms with van der Waals surface area (Å²) in [6.07, 6.45) is 0. The molecule has 0 saturated carbocycles. The van der Waals surface area contributed by atoms with E-state index < -0.39 is 0 Å². The van der Waals surface area contributed by atoms with Crippen molar-refractivity contribution < 1.29 is 4.74 Å². The Bertz CT molecular complexity index is 518. The van der Waals surface area contributed by atoms with E-state index in [1.807, 2.05) is 11.4 Å². The lowest BCUT2D eigenvalue weighted by Crippen LogP contribution is -1.94. The van der Waals surface area contributed by atoms with Crippen LogP contribution in [0.5, 0.6) is 5.75 Å². The Morgan fingerprint density at radius 3 is 2.29 bits per heavy atom. The van der Waals surface area contributed by atoms with Crippen molar-refractivity contribution in [3.8, 4) is 5.75 Å². The molecular formula is C11H6BrCl3OS. The number of hydrogen-bond acceptors (Lipinski definition) is 2. The predicted octanol–water partition coefficient (Wildman–Crippen LogP) is 6.05. The molecule has 0 fully saturated rings. The van der Waals surface area contributed by atoms with Gasteiger partial charge < -0.3 is 4.74 Å². The van der Waals surface area contributed by atoms with Gasteiger partial charge >= 0.3 is 0 Å². The first kappa shape index (κ1) is 13.5. The smallest absolute Gasteiger partial charge is 0.157 e. The molecule has 0 saturated heterocycles. The third-order valence-corrected chi connectivity index (χ3v) is 4.39. The Labute approximate surface area is 126 Å². The van der Waals surface area contributed by atoms with E-state index in [1.54, 1.807) is 23.5 Å². The monoisotopic (exact) mass is 370 g/mol. The Morgan fingerprint density at radius 2 is 1.76 bits per heavy atom. The molecule has 0 bridgehead atoms. The average molecular weight is 372 g/mol. The van der Waals surface area contributed by atoms with E-state index in [2.05, 4.69) is 15.9 Å². The second-order valence-corrected chi connectivity index (χ2v) is 6.38. The number of rotatable bonds is 3. The fraction of sp³-hybridized carbons (Fsp3) is 0.0909. The molecule has 6 heteroatoms. The average Bonchev–Trinajstić information content (AvgIpc) is 2.62. The lowest BCUT2D eigenvalue weighted by Gasteiger charge is -2.09. The lowest BCUT2D eigenvalue weighted by molar-refractivity contribution is 0.310. The van der Waals surface area contributed by atoms with Crippen molar-refractivity contribution >= 4 is 62.1 Å². The van der Waals surface area contributed by atoms with Gasteiger partial charge in [0.1, 0.15) is 6.61 Å². The zero-order chi connectivity index (χ0) is 12.4. The molecule has 1 aromatic carbocycles. The SMILES string of the molecule is Clc1cc(Cl)c(OCc2cc(Br)cs2)c(Cl)c1. The van der Waals surface area contributed by atoms with Gasteiger partial charge in [-0.25, -0.2) is 0 Å². The highest BCUT2D eigenvalue weighted by molar-refractivity contribution is 9.10. The normalized spacial score (nSPS) is 10.6. The van der Waals surface area contributed by atoms with Crippen molar-refractivity contribution in [2.75, 3.05) is 0 Å². The fourth-order valence-corrected chi connectivity index (χ4v) is 3.53. The van der Waals surface area contributed by atoms with E-state index in [-0.39, 0.29) is 0 Å². The van der Waals surface area contributed by atoms with Gasteiger partial charge in [0.05, 0.1) is 10.0 Å². The zero-order valence-corrected chi connectivity index (χ0v) is 13.0. The highest BCUT2D eigenvalue weighted by Gasteiger charge is 2.09. The summed E-state index contributed by atoms with van der Waals surface area (Å²) < 4.78 is 6.63. The van der Waals surface area contributed by atoms with Crippen molar-refractivity contribution in [2.45, 2.75) is 6.61 Å². The van der Waals surface area contributed by atoms with Gasteiger partial charge in [-0.2, -0.15) is 0 Å². The molecule has 0 spiro atoms. The number of thiophene rings is 1. The van der Waals surface area contributed by atoms with Gasteiger partial charge in [-0.3, -0.25) is 0 Å². The molecule has 0 N–H and O–H groups in total. The van der Waals surface area contributed by atoms with E-state index in [0.717, 1.165) is 9.35 Å². The maximum atomic E-state index is 6.01. The van der Waals surface area contributed by atoms with E-state index in [0.29, 0.717) is 27.4 Å². The lowest BCUT2D eigenvalue weighted by atomic mass is 10.3. The third kappa shape index (κ3) is 3.52. The molecule has 0 atom stereocenters. The zero-order valence-electron chi connectivity index (χ0n) is 8.34. The van der Waals surface area contributed by atoms with Crippen molar-refractivity contribution in [3.05, 3.63) is 48.0 Å². The number of hydrogen-bond donors (Lipinski definition) is 0. The molecule has 90 valence electrons. The van der Waals surface area contributed by atoms with Crippen LogP contribution in [0.4, 0.5) is 0 Å². The van der Waals surface area contributed by atoms with Crippen LogP contribution in [0.2, 0.25) is 15.1 Å². The quantitative estimate of drug-likeness (QED) is 0.637. The summed E-state index contributed by atoms with van der Waals surface area (Å²) in [6, 6.07) is 5.20. The van der Waals surface area contributed by atoms with Crippen LogP contribution in [-0.4, -0.2) is 0 Å². The van der Waals surface area contributed by atoms with Crippen molar-refractivity contribution in [3.63, 3.8) is 0 Å². The molecule has 0 amide bonds. The van der Waals surface area contributed by atoms with Crippen LogP contribution < -0.4 is 4.74 Å². The first-order valence-corrected chi connectivity index (χ1v) is 7.37. The van der Waals surface area contributed by atoms with Gasteiger partial charge in [0.15, 0.2) is 5.75 Å². The minimum atomic E-state index is 0.415. The number of halogens is 4. The summed E-state index contributed by atoms with van der Waals surface area (Å²) >= 11 is 22.8. The fourth-order valence-electron chi connectivity index (χ4n) is 1.24. The first-order valence-electron chi connectivity index (χ1n) is 4.56. The van der Waals surface area contributed by atoms with E-state index in [1.165, 1.54) is 0 Å². The molecule has 0 aliphatic heterocycles. The molecule has 1 aromatic heterocycles. The van der Waals surface area contributed by atoms with Crippen LogP contribution in [0.3, 0.4) is 0 Å². The molecule has 1 nitrogen and oxygen atoms in total. The third-order valence-electron chi connectivity index (χ3n) is 1.94. The van der Waals surface area contributed by atoms with Crippen LogP contribution in [0.1, 0.15) is 4.88 Å². The van der Waals surface area contributed by atoms with Crippen LogP contribution in [0.25, 0.3) is 0 Å². The molecule has 17 heavy (non-hydrogen) atoms. The summed E-state index contributed by atoms with van der Waals surface area (Å²) in [5, 5.41) is 3.31. The van der Waals surface area contributed by atoms with Crippen LogP contribution >= 0.6 is 62.1 Å². The minimum Gasteiger partial charge on any atom is -0.485 e. The highest BCUT2D eigenvalue weighted by atomic mass is 79.9. The molecule has 0 aliphatic carbocycles. The summed E-state index contributed by atoms with van der Waals surface area (Å²) in [5.74, 6) is 0.460. The second-order valence-electron chi connectivity index (χ2n) is 3.22. The second kappa shape index (κ2) is 5.81. The Kier molecular flexibility index (Phi) is 4.61. The predicted molar refractivity (Wildman–Crippen MR) is 77.8 cm³/mol. The summed E-state index contributed by atoms with van der Waals surface area (Å²) in [4.78, 5) is 1.08. The molecule has 2 rings (SSSR count). The molecule has 0 aliphatic rings. The highest BCUT2D eigenvalue weighted by Crippen LogP contribution is 2.36. The summed E-state index contributed by atoms with van der Waals surface area (Å²) in [5.41, 5.74) is 0. The van der Waals surface area contributed by atoms with Crippen LogP contribution in [0, 0.1) is 0 Å². The van der Waals surface area contributed by atoms with Crippen LogP contribution in [-0.2, 0) is 6.61 Å². The van der Waals surface area contributed by atoms with Gasteiger partial charge in [0, 0.05) is 19.8 Å². The maximum Gasteiger partial charge on any atom is 0.157 e. The van der Waals surface area contributed by atoms with Crippen molar-refractivity contribution in [2.24, 2.45) is 0 Å². The first-order chi connectivity index (χ1) is 8.06. The topological polar surface area (TPSA) is 9.23 Å². The molecular weight excluding hydrogens is 366 g/mol. The minimum absolute atomic E-state index is 0.415. The number of benzene rings is 1. The maximum absolute atomic E-state index is 6.01. The Morgan fingerprint density at radius 1 is 1.12 bits per heavy atom. The van der Waals surface area contributed by atoms with Crippen molar-refractivity contribution in [1.82, 2.24) is 0 Å². The van der Waals surface area contributed by atoms with E-state index in [4.69, 9.17) is 39.5 Å². The van der Waals surface area contributed by atoms with E-state index >= 15 is 0 Å². The van der Waals surface area contributed by atoms with Crippen molar-refractivity contribution in [1.29, 1.82) is 0 Å². The van der Waals surface area contributed by atoms with E-state index in [9.17, 15) is 0 Å². The van der Waals surface area contributed by atoms with Gasteiger partial charge in [0.2, 0.25) is 0 Å². The summed E-state index contributed by atoms with van der Waals surface area (Å²) in [6.45, 7) is 0.428. The molecule has 0 unspecified atom stereocenters. The molecule has 2 aromatic rings.